The second kappa shape index (κ2) is 6.89. The van der Waals surface area contributed by atoms with Crippen LogP contribution in [0.3, 0.4) is 0 Å². The van der Waals surface area contributed by atoms with E-state index in [0.717, 1.165) is 23.9 Å². The minimum atomic E-state index is 0.808. The number of nitriles is 1. The van der Waals surface area contributed by atoms with E-state index in [0.29, 0.717) is 0 Å². The highest BCUT2D eigenvalue weighted by Gasteiger charge is 2.17. The van der Waals surface area contributed by atoms with Crippen molar-refractivity contribution in [2.45, 2.75) is 26.3 Å². The van der Waals surface area contributed by atoms with E-state index in [1.807, 2.05) is 6.07 Å². The summed E-state index contributed by atoms with van der Waals surface area (Å²) >= 11 is 1.59. The van der Waals surface area contributed by atoms with E-state index < -0.39 is 0 Å². The fourth-order valence-electron chi connectivity index (χ4n) is 2.44. The molecule has 1 N–H and O–H groups in total. The van der Waals surface area contributed by atoms with Crippen LogP contribution in [0, 0.1) is 17.2 Å². The summed E-state index contributed by atoms with van der Waals surface area (Å²) in [6.07, 6.45) is 2.63. The Kier molecular flexibility index (Phi) is 5.18. The van der Waals surface area contributed by atoms with Crippen LogP contribution in [-0.4, -0.2) is 31.1 Å². The largest absolute Gasteiger partial charge is 0.312 e. The standard InChI is InChI=1S/C14H21N3S/c1-2-17-7-5-12(6-8-17)10-16-11-14-4-3-13(9-15)18-14/h3-4,12,16H,2,5-8,10-11H2,1H3. The Morgan fingerprint density at radius 1 is 1.44 bits per heavy atom. The number of nitrogens with one attached hydrogen (secondary N) is 1. The summed E-state index contributed by atoms with van der Waals surface area (Å²) in [4.78, 5) is 4.59. The van der Waals surface area contributed by atoms with Crippen molar-refractivity contribution in [3.05, 3.63) is 21.9 Å². The van der Waals surface area contributed by atoms with Gasteiger partial charge in [-0.25, -0.2) is 0 Å². The molecule has 1 aliphatic rings. The van der Waals surface area contributed by atoms with E-state index in [4.69, 9.17) is 5.26 Å². The van der Waals surface area contributed by atoms with Crippen molar-refractivity contribution in [2.24, 2.45) is 5.92 Å². The summed E-state index contributed by atoms with van der Waals surface area (Å²) in [7, 11) is 0. The smallest absolute Gasteiger partial charge is 0.110 e. The summed E-state index contributed by atoms with van der Waals surface area (Å²) in [5.41, 5.74) is 0. The number of piperidine rings is 1. The van der Waals surface area contributed by atoms with E-state index in [9.17, 15) is 0 Å². The number of nitrogens with zero attached hydrogens (tertiary/aromatic N) is 2. The molecule has 1 saturated heterocycles. The number of hydrogen-bond acceptors (Lipinski definition) is 4. The first-order chi connectivity index (χ1) is 8.81. The Balaban J connectivity index is 1.65. The Bertz CT molecular complexity index is 399. The van der Waals surface area contributed by atoms with Crippen molar-refractivity contribution >= 4 is 11.3 Å². The molecule has 1 aromatic heterocycles. The zero-order valence-corrected chi connectivity index (χ0v) is 11.8. The highest BCUT2D eigenvalue weighted by molar-refractivity contribution is 7.12. The first-order valence-electron chi connectivity index (χ1n) is 6.73. The number of thiophene rings is 1. The molecule has 18 heavy (non-hydrogen) atoms. The molecule has 0 aliphatic carbocycles. The average Bonchev–Trinajstić information content (AvgIpc) is 2.87. The van der Waals surface area contributed by atoms with Crippen LogP contribution in [0.5, 0.6) is 0 Å². The minimum Gasteiger partial charge on any atom is -0.312 e. The van der Waals surface area contributed by atoms with Crippen molar-refractivity contribution in [3.8, 4) is 6.07 Å². The van der Waals surface area contributed by atoms with Gasteiger partial charge in [-0.3, -0.25) is 0 Å². The SMILES string of the molecule is CCN1CCC(CNCc2ccc(C#N)s2)CC1. The van der Waals surface area contributed by atoms with E-state index >= 15 is 0 Å². The van der Waals surface area contributed by atoms with Gasteiger partial charge >= 0.3 is 0 Å². The van der Waals surface area contributed by atoms with Crippen LogP contribution in [0.1, 0.15) is 29.5 Å². The van der Waals surface area contributed by atoms with Gasteiger partial charge in [-0.1, -0.05) is 6.92 Å². The third-order valence-electron chi connectivity index (χ3n) is 3.66. The summed E-state index contributed by atoms with van der Waals surface area (Å²) in [5.74, 6) is 0.822. The molecule has 0 radical (unpaired) electrons. The van der Waals surface area contributed by atoms with Gasteiger partial charge < -0.3 is 10.2 Å². The quantitative estimate of drug-likeness (QED) is 0.887. The first-order valence-corrected chi connectivity index (χ1v) is 7.55. The molecule has 2 rings (SSSR count). The Morgan fingerprint density at radius 3 is 2.83 bits per heavy atom. The molecule has 0 saturated carbocycles. The van der Waals surface area contributed by atoms with Crippen molar-refractivity contribution < 1.29 is 0 Å². The van der Waals surface area contributed by atoms with Gasteiger partial charge in [-0.2, -0.15) is 5.26 Å². The predicted molar refractivity (Wildman–Crippen MR) is 75.6 cm³/mol. The van der Waals surface area contributed by atoms with Gasteiger partial charge in [-0.05, 0) is 57.1 Å². The number of hydrogen-bond donors (Lipinski definition) is 1. The zero-order valence-electron chi connectivity index (χ0n) is 11.0. The Hall–Kier alpha value is -0.890. The summed E-state index contributed by atoms with van der Waals surface area (Å²) in [6.45, 7) is 7.94. The maximum absolute atomic E-state index is 8.76. The molecule has 2 heterocycles. The van der Waals surface area contributed by atoms with Crippen molar-refractivity contribution in [3.63, 3.8) is 0 Å². The second-order valence-electron chi connectivity index (χ2n) is 4.89. The molecular weight excluding hydrogens is 242 g/mol. The van der Waals surface area contributed by atoms with Crippen LogP contribution in [-0.2, 0) is 6.54 Å². The second-order valence-corrected chi connectivity index (χ2v) is 6.05. The molecule has 4 heteroatoms. The van der Waals surface area contributed by atoms with E-state index in [2.05, 4.69) is 29.3 Å². The first kappa shape index (κ1) is 13.5. The molecule has 0 spiro atoms. The van der Waals surface area contributed by atoms with E-state index in [1.165, 1.54) is 37.4 Å². The summed E-state index contributed by atoms with van der Waals surface area (Å²) in [5, 5.41) is 12.3. The molecule has 98 valence electrons. The minimum absolute atomic E-state index is 0.808. The van der Waals surface area contributed by atoms with Crippen LogP contribution in [0.15, 0.2) is 12.1 Å². The van der Waals surface area contributed by atoms with Gasteiger partial charge in [0, 0.05) is 11.4 Å². The molecule has 0 bridgehead atoms. The molecule has 0 unspecified atom stereocenters. The maximum Gasteiger partial charge on any atom is 0.110 e. The Morgan fingerprint density at radius 2 is 2.22 bits per heavy atom. The molecule has 0 aromatic carbocycles. The lowest BCUT2D eigenvalue weighted by Crippen LogP contribution is -2.36. The molecule has 1 fully saturated rings. The van der Waals surface area contributed by atoms with Gasteiger partial charge in [0.05, 0.1) is 0 Å². The van der Waals surface area contributed by atoms with Gasteiger partial charge in [0.15, 0.2) is 0 Å². The third kappa shape index (κ3) is 3.81. The molecule has 0 atom stereocenters. The molecular formula is C14H21N3S. The lowest BCUT2D eigenvalue weighted by molar-refractivity contribution is 0.190. The predicted octanol–water partition coefficient (Wildman–Crippen LogP) is 2.44. The summed E-state index contributed by atoms with van der Waals surface area (Å²) in [6, 6.07) is 6.14. The topological polar surface area (TPSA) is 39.1 Å². The lowest BCUT2D eigenvalue weighted by atomic mass is 9.97. The van der Waals surface area contributed by atoms with Crippen molar-refractivity contribution in [2.75, 3.05) is 26.2 Å². The Labute approximate surface area is 113 Å². The van der Waals surface area contributed by atoms with Crippen LogP contribution in [0.25, 0.3) is 0 Å². The normalized spacial score (nSPS) is 17.8. The zero-order chi connectivity index (χ0) is 12.8. The van der Waals surface area contributed by atoms with Gasteiger partial charge in [0.25, 0.3) is 0 Å². The molecule has 0 amide bonds. The van der Waals surface area contributed by atoms with Crippen LogP contribution >= 0.6 is 11.3 Å². The number of likely N-dealkylation sites (tertiary alicyclic amines) is 1. The highest BCUT2D eigenvalue weighted by atomic mass is 32.1. The average molecular weight is 263 g/mol. The fourth-order valence-corrected chi connectivity index (χ4v) is 3.21. The van der Waals surface area contributed by atoms with Crippen molar-refractivity contribution in [1.82, 2.24) is 10.2 Å². The van der Waals surface area contributed by atoms with Crippen LogP contribution < -0.4 is 5.32 Å². The summed E-state index contributed by atoms with van der Waals surface area (Å²) < 4.78 is 0. The number of rotatable bonds is 5. The van der Waals surface area contributed by atoms with E-state index in [1.54, 1.807) is 11.3 Å². The lowest BCUT2D eigenvalue weighted by Gasteiger charge is -2.31. The maximum atomic E-state index is 8.76. The van der Waals surface area contributed by atoms with Gasteiger partial charge in [0.1, 0.15) is 10.9 Å². The van der Waals surface area contributed by atoms with E-state index in [-0.39, 0.29) is 0 Å². The van der Waals surface area contributed by atoms with Crippen LogP contribution in [0.2, 0.25) is 0 Å². The molecule has 1 aromatic rings. The van der Waals surface area contributed by atoms with Crippen molar-refractivity contribution in [1.29, 1.82) is 5.26 Å². The van der Waals surface area contributed by atoms with Gasteiger partial charge in [-0.15, -0.1) is 11.3 Å². The molecule has 3 nitrogen and oxygen atoms in total. The van der Waals surface area contributed by atoms with Gasteiger partial charge in [0.2, 0.25) is 0 Å². The monoisotopic (exact) mass is 263 g/mol. The molecule has 1 aliphatic heterocycles. The van der Waals surface area contributed by atoms with Crippen LogP contribution in [0.4, 0.5) is 0 Å². The fraction of sp³-hybridized carbons (Fsp3) is 0.643. The highest BCUT2D eigenvalue weighted by Crippen LogP contribution is 2.17. The third-order valence-corrected chi connectivity index (χ3v) is 4.65.